The van der Waals surface area contributed by atoms with E-state index in [1.165, 1.54) is 5.56 Å². The highest BCUT2D eigenvalue weighted by molar-refractivity contribution is 9.10. The first-order valence-electron chi connectivity index (χ1n) is 6.16. The van der Waals surface area contributed by atoms with Crippen LogP contribution in [0.1, 0.15) is 27.0 Å². The molecule has 2 aromatic rings. The Morgan fingerprint density at radius 2 is 1.95 bits per heavy atom. The van der Waals surface area contributed by atoms with Gasteiger partial charge in [0.25, 0.3) is 5.91 Å². The van der Waals surface area contributed by atoms with Crippen LogP contribution >= 0.6 is 15.9 Å². The van der Waals surface area contributed by atoms with Crippen LogP contribution in [0.25, 0.3) is 0 Å². The van der Waals surface area contributed by atoms with Crippen molar-refractivity contribution in [2.45, 2.75) is 20.4 Å². The molecular formula is C16H16BrNO. The Hall–Kier alpha value is -1.61. The van der Waals surface area contributed by atoms with Gasteiger partial charge >= 0.3 is 0 Å². The predicted molar refractivity (Wildman–Crippen MR) is 81.2 cm³/mol. The molecule has 2 aromatic carbocycles. The molecule has 2 rings (SSSR count). The third kappa shape index (κ3) is 3.67. The fourth-order valence-electron chi connectivity index (χ4n) is 1.89. The monoisotopic (exact) mass is 317 g/mol. The van der Waals surface area contributed by atoms with Crippen molar-refractivity contribution in [2.24, 2.45) is 0 Å². The van der Waals surface area contributed by atoms with Crippen molar-refractivity contribution >= 4 is 21.8 Å². The van der Waals surface area contributed by atoms with Crippen molar-refractivity contribution in [2.75, 3.05) is 0 Å². The lowest BCUT2D eigenvalue weighted by molar-refractivity contribution is 0.0951. The minimum atomic E-state index is -0.0443. The molecule has 0 saturated carbocycles. The maximum Gasteiger partial charge on any atom is 0.251 e. The van der Waals surface area contributed by atoms with Crippen molar-refractivity contribution < 1.29 is 4.79 Å². The van der Waals surface area contributed by atoms with Crippen molar-refractivity contribution in [3.05, 3.63) is 69.2 Å². The summed E-state index contributed by atoms with van der Waals surface area (Å²) in [6, 6.07) is 13.7. The molecule has 0 saturated heterocycles. The fraction of sp³-hybridized carbons (Fsp3) is 0.188. The number of hydrogen-bond donors (Lipinski definition) is 1. The Morgan fingerprint density at radius 3 is 2.63 bits per heavy atom. The Kier molecular flexibility index (Phi) is 4.38. The molecule has 0 atom stereocenters. The molecule has 0 aliphatic carbocycles. The highest BCUT2D eigenvalue weighted by Crippen LogP contribution is 2.17. The van der Waals surface area contributed by atoms with Gasteiger partial charge in [0, 0.05) is 16.6 Å². The predicted octanol–water partition coefficient (Wildman–Crippen LogP) is 4.00. The third-order valence-corrected chi connectivity index (χ3v) is 3.85. The molecule has 1 amide bonds. The second-order valence-corrected chi connectivity index (χ2v) is 5.49. The smallest absolute Gasteiger partial charge is 0.251 e. The van der Waals surface area contributed by atoms with Crippen LogP contribution in [-0.2, 0) is 6.54 Å². The topological polar surface area (TPSA) is 29.1 Å². The van der Waals surface area contributed by atoms with Gasteiger partial charge in [0.05, 0.1) is 0 Å². The van der Waals surface area contributed by atoms with E-state index in [0.717, 1.165) is 15.6 Å². The van der Waals surface area contributed by atoms with Crippen LogP contribution in [0, 0.1) is 13.8 Å². The first-order chi connectivity index (χ1) is 9.06. The number of amides is 1. The third-order valence-electron chi connectivity index (χ3n) is 2.96. The van der Waals surface area contributed by atoms with E-state index >= 15 is 0 Å². The van der Waals surface area contributed by atoms with Crippen LogP contribution in [-0.4, -0.2) is 5.91 Å². The zero-order valence-corrected chi connectivity index (χ0v) is 12.6. The second-order valence-electron chi connectivity index (χ2n) is 4.64. The Morgan fingerprint density at radius 1 is 1.16 bits per heavy atom. The number of halogens is 1. The van der Waals surface area contributed by atoms with Gasteiger partial charge in [-0.25, -0.2) is 0 Å². The Balaban J connectivity index is 2.03. The van der Waals surface area contributed by atoms with Crippen molar-refractivity contribution in [3.8, 4) is 0 Å². The normalized spacial score (nSPS) is 10.3. The Bertz CT molecular complexity index is 607. The van der Waals surface area contributed by atoms with Gasteiger partial charge in [0.1, 0.15) is 0 Å². The van der Waals surface area contributed by atoms with E-state index < -0.39 is 0 Å². The van der Waals surface area contributed by atoms with Gasteiger partial charge in [0.2, 0.25) is 0 Å². The molecule has 0 spiro atoms. The van der Waals surface area contributed by atoms with E-state index in [0.29, 0.717) is 12.1 Å². The number of nitrogens with one attached hydrogen (secondary N) is 1. The molecule has 0 unspecified atom stereocenters. The minimum absolute atomic E-state index is 0.0443. The summed E-state index contributed by atoms with van der Waals surface area (Å²) in [5.41, 5.74) is 4.06. The van der Waals surface area contributed by atoms with E-state index in [-0.39, 0.29) is 5.91 Å². The summed E-state index contributed by atoms with van der Waals surface area (Å²) in [7, 11) is 0. The lowest BCUT2D eigenvalue weighted by Gasteiger charge is -2.07. The first kappa shape index (κ1) is 13.8. The molecule has 0 radical (unpaired) electrons. The molecule has 0 fully saturated rings. The molecule has 0 aromatic heterocycles. The lowest BCUT2D eigenvalue weighted by atomic mass is 10.1. The summed E-state index contributed by atoms with van der Waals surface area (Å²) < 4.78 is 1.02. The fourth-order valence-corrected chi connectivity index (χ4v) is 2.14. The van der Waals surface area contributed by atoms with Crippen LogP contribution < -0.4 is 5.32 Å². The number of aryl methyl sites for hydroxylation is 2. The van der Waals surface area contributed by atoms with E-state index in [2.05, 4.69) is 27.3 Å². The maximum atomic E-state index is 12.0. The largest absolute Gasteiger partial charge is 0.348 e. The number of hydrogen-bond acceptors (Lipinski definition) is 1. The molecular weight excluding hydrogens is 302 g/mol. The molecule has 98 valence electrons. The van der Waals surface area contributed by atoms with Crippen LogP contribution in [0.3, 0.4) is 0 Å². The average Bonchev–Trinajstić information content (AvgIpc) is 2.39. The quantitative estimate of drug-likeness (QED) is 0.911. The van der Waals surface area contributed by atoms with Gasteiger partial charge in [-0.1, -0.05) is 45.8 Å². The molecule has 1 N–H and O–H groups in total. The van der Waals surface area contributed by atoms with Gasteiger partial charge in [-0.15, -0.1) is 0 Å². The molecule has 19 heavy (non-hydrogen) atoms. The zero-order valence-electron chi connectivity index (χ0n) is 11.0. The molecule has 0 aliphatic heterocycles. The highest BCUT2D eigenvalue weighted by Gasteiger charge is 2.06. The summed E-state index contributed by atoms with van der Waals surface area (Å²) in [5.74, 6) is -0.0443. The van der Waals surface area contributed by atoms with Crippen molar-refractivity contribution in [1.82, 2.24) is 5.32 Å². The Labute approximate surface area is 122 Å². The SMILES string of the molecule is Cc1cccc(CNC(=O)c2ccc(Br)c(C)c2)c1. The van der Waals surface area contributed by atoms with E-state index in [1.807, 2.05) is 50.2 Å². The first-order valence-corrected chi connectivity index (χ1v) is 6.95. The summed E-state index contributed by atoms with van der Waals surface area (Å²) in [4.78, 5) is 12.0. The number of benzene rings is 2. The van der Waals surface area contributed by atoms with E-state index in [9.17, 15) is 4.79 Å². The lowest BCUT2D eigenvalue weighted by Crippen LogP contribution is -2.22. The minimum Gasteiger partial charge on any atom is -0.348 e. The standard InChI is InChI=1S/C16H16BrNO/c1-11-4-3-5-13(8-11)10-18-16(19)14-6-7-15(17)12(2)9-14/h3-9H,10H2,1-2H3,(H,18,19). The van der Waals surface area contributed by atoms with Crippen LogP contribution in [0.2, 0.25) is 0 Å². The van der Waals surface area contributed by atoms with Crippen molar-refractivity contribution in [1.29, 1.82) is 0 Å². The van der Waals surface area contributed by atoms with E-state index in [1.54, 1.807) is 0 Å². The van der Waals surface area contributed by atoms with Gasteiger partial charge in [-0.05, 0) is 43.2 Å². The maximum absolute atomic E-state index is 12.0. The number of carbonyl (C=O) groups excluding carboxylic acids is 1. The van der Waals surface area contributed by atoms with Gasteiger partial charge in [-0.2, -0.15) is 0 Å². The van der Waals surface area contributed by atoms with Crippen LogP contribution in [0.15, 0.2) is 46.9 Å². The zero-order chi connectivity index (χ0) is 13.8. The number of rotatable bonds is 3. The molecule has 0 aliphatic rings. The van der Waals surface area contributed by atoms with Gasteiger partial charge in [-0.3, -0.25) is 4.79 Å². The summed E-state index contributed by atoms with van der Waals surface area (Å²) in [6.07, 6.45) is 0. The van der Waals surface area contributed by atoms with E-state index in [4.69, 9.17) is 0 Å². The van der Waals surface area contributed by atoms with Crippen LogP contribution in [0.4, 0.5) is 0 Å². The summed E-state index contributed by atoms with van der Waals surface area (Å²) in [6.45, 7) is 4.57. The summed E-state index contributed by atoms with van der Waals surface area (Å²) in [5, 5.41) is 2.93. The number of carbonyl (C=O) groups is 1. The van der Waals surface area contributed by atoms with Gasteiger partial charge < -0.3 is 5.32 Å². The molecule has 2 nitrogen and oxygen atoms in total. The van der Waals surface area contributed by atoms with Crippen LogP contribution in [0.5, 0.6) is 0 Å². The second kappa shape index (κ2) is 6.02. The highest BCUT2D eigenvalue weighted by atomic mass is 79.9. The molecule has 0 bridgehead atoms. The average molecular weight is 318 g/mol. The molecule has 0 heterocycles. The summed E-state index contributed by atoms with van der Waals surface area (Å²) >= 11 is 3.43. The van der Waals surface area contributed by atoms with Gasteiger partial charge in [0.15, 0.2) is 0 Å². The molecule has 3 heteroatoms. The van der Waals surface area contributed by atoms with Crippen molar-refractivity contribution in [3.63, 3.8) is 0 Å².